The first kappa shape index (κ1) is 12.8. The molecule has 19 heavy (non-hydrogen) atoms. The van der Waals surface area contributed by atoms with E-state index in [0.29, 0.717) is 24.3 Å². The molecule has 1 atom stereocenters. The smallest absolute Gasteiger partial charge is 0.240 e. The molecule has 5 heteroatoms. The van der Waals surface area contributed by atoms with Crippen molar-refractivity contribution >= 4 is 11.3 Å². The summed E-state index contributed by atoms with van der Waals surface area (Å²) in [7, 11) is 0. The van der Waals surface area contributed by atoms with E-state index in [0.717, 1.165) is 0 Å². The van der Waals surface area contributed by atoms with Gasteiger partial charge in [0.25, 0.3) is 0 Å². The van der Waals surface area contributed by atoms with Crippen LogP contribution in [0.25, 0.3) is 0 Å². The highest BCUT2D eigenvalue weighted by molar-refractivity contribution is 7.12. The maximum atomic E-state index is 5.11. The number of rotatable bonds is 4. The first-order chi connectivity index (χ1) is 9.22. The summed E-state index contributed by atoms with van der Waals surface area (Å²) in [4.78, 5) is 7.21. The van der Waals surface area contributed by atoms with E-state index in [9.17, 15) is 0 Å². The van der Waals surface area contributed by atoms with Crippen molar-refractivity contribution in [2.75, 3.05) is 0 Å². The molecular weight excluding hydrogens is 258 g/mol. The van der Waals surface area contributed by atoms with E-state index in [4.69, 9.17) is 4.52 Å². The lowest BCUT2D eigenvalue weighted by Crippen LogP contribution is -2.17. The quantitative estimate of drug-likeness (QED) is 0.932. The normalized spacial score (nSPS) is 16.3. The summed E-state index contributed by atoms with van der Waals surface area (Å²) in [6, 6.07) is 2.71. The number of aryl methyl sites for hydroxylation is 3. The standard InChI is InChI=1S/C14H19N3OS/c1-9(15-8-14-16-10(2)17-18-14)13-7-11-5-3-4-6-12(11)19-13/h7,9,15H,3-6,8H2,1-2H3. The van der Waals surface area contributed by atoms with Crippen LogP contribution in [-0.4, -0.2) is 10.1 Å². The first-order valence-electron chi connectivity index (χ1n) is 6.86. The molecule has 2 aromatic rings. The van der Waals surface area contributed by atoms with Crippen molar-refractivity contribution in [2.45, 2.75) is 52.1 Å². The van der Waals surface area contributed by atoms with Gasteiger partial charge in [-0.25, -0.2) is 0 Å². The molecule has 102 valence electrons. The molecule has 1 aliphatic rings. The van der Waals surface area contributed by atoms with Gasteiger partial charge in [0.05, 0.1) is 6.54 Å². The average molecular weight is 277 g/mol. The van der Waals surface area contributed by atoms with Crippen LogP contribution in [0.5, 0.6) is 0 Å². The lowest BCUT2D eigenvalue weighted by molar-refractivity contribution is 0.358. The molecule has 0 amide bonds. The molecule has 0 spiro atoms. The summed E-state index contributed by atoms with van der Waals surface area (Å²) in [5.41, 5.74) is 1.56. The molecule has 0 radical (unpaired) electrons. The molecule has 2 aromatic heterocycles. The average Bonchev–Trinajstić information content (AvgIpc) is 3.01. The minimum absolute atomic E-state index is 0.336. The number of aromatic nitrogens is 2. The van der Waals surface area contributed by atoms with E-state index in [2.05, 4.69) is 28.4 Å². The van der Waals surface area contributed by atoms with Gasteiger partial charge in [-0.15, -0.1) is 11.3 Å². The Morgan fingerprint density at radius 1 is 1.42 bits per heavy atom. The molecule has 2 heterocycles. The third kappa shape index (κ3) is 2.87. The number of thiophene rings is 1. The van der Waals surface area contributed by atoms with Gasteiger partial charge in [0.15, 0.2) is 5.82 Å². The fourth-order valence-electron chi connectivity index (χ4n) is 2.48. The van der Waals surface area contributed by atoms with Crippen molar-refractivity contribution in [3.05, 3.63) is 33.1 Å². The molecule has 0 aliphatic heterocycles. The summed E-state index contributed by atoms with van der Waals surface area (Å²) < 4.78 is 5.11. The molecular formula is C14H19N3OS. The zero-order chi connectivity index (χ0) is 13.2. The SMILES string of the molecule is Cc1noc(CNC(C)c2cc3c(s2)CCCC3)n1. The second kappa shape index (κ2) is 5.43. The molecule has 0 fully saturated rings. The molecule has 1 unspecified atom stereocenters. The number of hydrogen-bond donors (Lipinski definition) is 1. The maximum Gasteiger partial charge on any atom is 0.240 e. The zero-order valence-electron chi connectivity index (χ0n) is 11.4. The Bertz CT molecular complexity index is 537. The van der Waals surface area contributed by atoms with Gasteiger partial charge < -0.3 is 9.84 Å². The van der Waals surface area contributed by atoms with Crippen LogP contribution in [0.4, 0.5) is 0 Å². The Morgan fingerprint density at radius 3 is 3.00 bits per heavy atom. The molecule has 0 aromatic carbocycles. The number of hydrogen-bond acceptors (Lipinski definition) is 5. The predicted molar refractivity (Wildman–Crippen MR) is 75.3 cm³/mol. The van der Waals surface area contributed by atoms with Crippen molar-refractivity contribution in [3.63, 3.8) is 0 Å². The van der Waals surface area contributed by atoms with Crippen molar-refractivity contribution in [2.24, 2.45) is 0 Å². The van der Waals surface area contributed by atoms with Gasteiger partial charge in [0.1, 0.15) is 0 Å². The van der Waals surface area contributed by atoms with Crippen LogP contribution in [-0.2, 0) is 19.4 Å². The maximum absolute atomic E-state index is 5.11. The largest absolute Gasteiger partial charge is 0.338 e. The fourth-order valence-corrected chi connectivity index (χ4v) is 3.76. The Hall–Kier alpha value is -1.20. The minimum Gasteiger partial charge on any atom is -0.338 e. The minimum atomic E-state index is 0.336. The van der Waals surface area contributed by atoms with E-state index in [-0.39, 0.29) is 0 Å². The Labute approximate surface area is 117 Å². The van der Waals surface area contributed by atoms with Crippen LogP contribution in [0.3, 0.4) is 0 Å². The van der Waals surface area contributed by atoms with Crippen LogP contribution in [0, 0.1) is 6.92 Å². The van der Waals surface area contributed by atoms with E-state index in [1.807, 2.05) is 18.3 Å². The highest BCUT2D eigenvalue weighted by Crippen LogP contribution is 2.32. The van der Waals surface area contributed by atoms with Crippen molar-refractivity contribution in [3.8, 4) is 0 Å². The van der Waals surface area contributed by atoms with Crippen LogP contribution >= 0.6 is 11.3 Å². The van der Waals surface area contributed by atoms with Gasteiger partial charge in [-0.05, 0) is 51.2 Å². The van der Waals surface area contributed by atoms with Crippen LogP contribution < -0.4 is 5.32 Å². The summed E-state index contributed by atoms with van der Waals surface area (Å²) in [5.74, 6) is 1.35. The van der Waals surface area contributed by atoms with Crippen molar-refractivity contribution < 1.29 is 4.52 Å². The van der Waals surface area contributed by atoms with Gasteiger partial charge in [0, 0.05) is 15.8 Å². The highest BCUT2D eigenvalue weighted by atomic mass is 32.1. The summed E-state index contributed by atoms with van der Waals surface area (Å²) in [6.45, 7) is 4.66. The summed E-state index contributed by atoms with van der Waals surface area (Å²) in [6.07, 6.45) is 5.19. The molecule has 3 rings (SSSR count). The van der Waals surface area contributed by atoms with E-state index in [1.165, 1.54) is 30.6 Å². The van der Waals surface area contributed by atoms with Gasteiger partial charge in [-0.3, -0.25) is 0 Å². The zero-order valence-corrected chi connectivity index (χ0v) is 12.2. The number of nitrogens with one attached hydrogen (secondary N) is 1. The van der Waals surface area contributed by atoms with Crippen LogP contribution in [0.15, 0.2) is 10.6 Å². The molecule has 0 bridgehead atoms. The molecule has 4 nitrogen and oxygen atoms in total. The number of fused-ring (bicyclic) bond motifs is 1. The van der Waals surface area contributed by atoms with Crippen LogP contribution in [0.1, 0.15) is 52.8 Å². The highest BCUT2D eigenvalue weighted by Gasteiger charge is 2.16. The summed E-state index contributed by atoms with van der Waals surface area (Å²) in [5, 5.41) is 7.25. The van der Waals surface area contributed by atoms with Gasteiger partial charge in [-0.2, -0.15) is 4.98 Å². The second-order valence-corrected chi connectivity index (χ2v) is 6.31. The molecule has 1 N–H and O–H groups in total. The van der Waals surface area contributed by atoms with Crippen molar-refractivity contribution in [1.29, 1.82) is 0 Å². The topological polar surface area (TPSA) is 51.0 Å². The van der Waals surface area contributed by atoms with Gasteiger partial charge in [0.2, 0.25) is 5.89 Å². The van der Waals surface area contributed by atoms with Gasteiger partial charge >= 0.3 is 0 Å². The predicted octanol–water partition coefficient (Wildman–Crippen LogP) is 3.17. The summed E-state index contributed by atoms with van der Waals surface area (Å²) >= 11 is 1.95. The third-order valence-corrected chi connectivity index (χ3v) is 4.99. The Balaban J connectivity index is 1.63. The number of nitrogens with zero attached hydrogens (tertiary/aromatic N) is 2. The van der Waals surface area contributed by atoms with Gasteiger partial charge in [-0.1, -0.05) is 5.16 Å². The molecule has 1 aliphatic carbocycles. The third-order valence-electron chi connectivity index (χ3n) is 3.57. The van der Waals surface area contributed by atoms with E-state index < -0.39 is 0 Å². The van der Waals surface area contributed by atoms with E-state index in [1.54, 1.807) is 10.4 Å². The Morgan fingerprint density at radius 2 is 2.26 bits per heavy atom. The monoisotopic (exact) mass is 277 g/mol. The molecule has 0 saturated heterocycles. The first-order valence-corrected chi connectivity index (χ1v) is 7.68. The van der Waals surface area contributed by atoms with E-state index >= 15 is 0 Å². The van der Waals surface area contributed by atoms with Crippen LogP contribution in [0.2, 0.25) is 0 Å². The van der Waals surface area contributed by atoms with Crippen molar-refractivity contribution in [1.82, 2.24) is 15.5 Å². The molecule has 0 saturated carbocycles. The Kier molecular flexibility index (Phi) is 3.66. The lowest BCUT2D eigenvalue weighted by atomic mass is 9.99. The lowest BCUT2D eigenvalue weighted by Gasteiger charge is -2.09. The fraction of sp³-hybridized carbons (Fsp3) is 0.571. The second-order valence-electron chi connectivity index (χ2n) is 5.14.